The molecule has 5 rings (SSSR count). The van der Waals surface area contributed by atoms with Crippen molar-refractivity contribution >= 4 is 5.52 Å². The lowest BCUT2D eigenvalue weighted by Crippen LogP contribution is -2.25. The number of halogens is 2. The fraction of sp³-hybridized carbons (Fsp3) is 0.273. The third-order valence-electron chi connectivity index (χ3n) is 5.73. The Morgan fingerprint density at radius 2 is 1.96 bits per heavy atom. The van der Waals surface area contributed by atoms with Gasteiger partial charge >= 0.3 is 0 Å². The Kier molecular flexibility index (Phi) is 4.00. The highest BCUT2D eigenvalue weighted by molar-refractivity contribution is 5.54. The number of fused-ring (bicyclic) bond motifs is 3. The van der Waals surface area contributed by atoms with Crippen LogP contribution in [0, 0.1) is 17.8 Å². The average Bonchev–Trinajstić information content (AvgIpc) is 3.29. The molecular weight excluding hydrogens is 358 g/mol. The first-order valence-corrected chi connectivity index (χ1v) is 9.46. The summed E-state index contributed by atoms with van der Waals surface area (Å²) in [4.78, 5) is 0. The summed E-state index contributed by atoms with van der Waals surface area (Å²) in [5.74, 6) is -0.456. The van der Waals surface area contributed by atoms with E-state index in [2.05, 4.69) is 23.3 Å². The third-order valence-corrected chi connectivity index (χ3v) is 5.73. The van der Waals surface area contributed by atoms with Gasteiger partial charge in [-0.3, -0.25) is 4.40 Å². The van der Waals surface area contributed by atoms with Crippen LogP contribution in [0.4, 0.5) is 8.78 Å². The zero-order valence-corrected chi connectivity index (χ0v) is 15.4. The van der Waals surface area contributed by atoms with Gasteiger partial charge in [-0.25, -0.2) is 9.07 Å². The van der Waals surface area contributed by atoms with E-state index < -0.39 is 0 Å². The minimum absolute atomic E-state index is 0.0630. The Bertz CT molecular complexity index is 1140. The summed E-state index contributed by atoms with van der Waals surface area (Å²) in [5, 5.41) is 8.46. The van der Waals surface area contributed by atoms with Gasteiger partial charge in [0, 0.05) is 24.1 Å². The zero-order valence-electron chi connectivity index (χ0n) is 15.4. The molecule has 1 aliphatic carbocycles. The molecule has 2 unspecified atom stereocenters. The highest BCUT2D eigenvalue weighted by Crippen LogP contribution is 2.40. The highest BCUT2D eigenvalue weighted by atomic mass is 19.1. The molecule has 0 amide bonds. The Hall–Kier alpha value is -3.02. The van der Waals surface area contributed by atoms with Crippen molar-refractivity contribution in [2.45, 2.75) is 38.1 Å². The Morgan fingerprint density at radius 1 is 1.14 bits per heavy atom. The number of hydrogen-bond acceptors (Lipinski definition) is 2. The van der Waals surface area contributed by atoms with Gasteiger partial charge in [-0.15, -0.1) is 5.10 Å². The van der Waals surface area contributed by atoms with Crippen molar-refractivity contribution in [3.8, 4) is 0 Å². The van der Waals surface area contributed by atoms with E-state index in [1.807, 2.05) is 10.7 Å². The van der Waals surface area contributed by atoms with Gasteiger partial charge in [0.2, 0.25) is 0 Å². The first-order chi connectivity index (χ1) is 13.6. The largest absolute Gasteiger partial charge is 0.289 e. The summed E-state index contributed by atoms with van der Waals surface area (Å²) in [6, 6.07) is 15.0. The molecule has 0 fully saturated rings. The molecule has 4 nitrogen and oxygen atoms in total. The number of hydrogen-bond donors (Lipinski definition) is 0. The van der Waals surface area contributed by atoms with Gasteiger partial charge in [-0.1, -0.05) is 30.3 Å². The SMILES string of the molecule is CC1c2c([c]c3cccc(F)n23)CCC1n1nncc1Cc1ccc(F)cc1. The molecule has 141 valence electrons. The normalized spacial score (nSPS) is 19.1. The van der Waals surface area contributed by atoms with Gasteiger partial charge in [0.25, 0.3) is 0 Å². The van der Waals surface area contributed by atoms with Gasteiger partial charge in [0.05, 0.1) is 23.4 Å². The van der Waals surface area contributed by atoms with Crippen LogP contribution in [-0.2, 0) is 12.8 Å². The molecule has 0 aliphatic heterocycles. The summed E-state index contributed by atoms with van der Waals surface area (Å²) in [6.07, 6.45) is 4.09. The fourth-order valence-corrected chi connectivity index (χ4v) is 4.39. The number of nitrogens with zero attached hydrogens (tertiary/aromatic N) is 4. The van der Waals surface area contributed by atoms with Crippen LogP contribution < -0.4 is 0 Å². The van der Waals surface area contributed by atoms with Crippen molar-refractivity contribution in [3.63, 3.8) is 0 Å². The third kappa shape index (κ3) is 2.71. The van der Waals surface area contributed by atoms with Crippen molar-refractivity contribution in [3.05, 3.63) is 89.0 Å². The molecule has 28 heavy (non-hydrogen) atoms. The topological polar surface area (TPSA) is 35.1 Å². The van der Waals surface area contributed by atoms with E-state index in [-0.39, 0.29) is 23.7 Å². The lowest BCUT2D eigenvalue weighted by Gasteiger charge is -2.30. The number of pyridine rings is 1. The second-order valence-electron chi connectivity index (χ2n) is 7.43. The van der Waals surface area contributed by atoms with Crippen LogP contribution in [0.2, 0.25) is 0 Å². The highest BCUT2D eigenvalue weighted by Gasteiger charge is 2.33. The van der Waals surface area contributed by atoms with E-state index in [4.69, 9.17) is 0 Å². The summed E-state index contributed by atoms with van der Waals surface area (Å²) in [7, 11) is 0. The number of benzene rings is 1. The van der Waals surface area contributed by atoms with E-state index in [1.165, 1.54) is 18.2 Å². The summed E-state index contributed by atoms with van der Waals surface area (Å²) in [5.41, 5.74) is 4.78. The predicted octanol–water partition coefficient (Wildman–Crippen LogP) is 4.49. The van der Waals surface area contributed by atoms with Crippen LogP contribution in [0.1, 0.15) is 47.8 Å². The van der Waals surface area contributed by atoms with Crippen LogP contribution in [-0.4, -0.2) is 19.4 Å². The smallest absolute Gasteiger partial charge is 0.198 e. The van der Waals surface area contributed by atoms with E-state index in [0.29, 0.717) is 6.42 Å². The minimum atomic E-state index is -0.271. The molecule has 1 aliphatic rings. The molecule has 0 saturated carbocycles. The maximum absolute atomic E-state index is 14.5. The molecule has 6 heteroatoms. The van der Waals surface area contributed by atoms with E-state index in [1.54, 1.807) is 28.8 Å². The van der Waals surface area contributed by atoms with Crippen LogP contribution >= 0.6 is 0 Å². The first-order valence-electron chi connectivity index (χ1n) is 9.46. The van der Waals surface area contributed by atoms with Gasteiger partial charge in [-0.2, -0.15) is 4.39 Å². The predicted molar refractivity (Wildman–Crippen MR) is 101 cm³/mol. The average molecular weight is 377 g/mol. The van der Waals surface area contributed by atoms with Crippen LogP contribution in [0.25, 0.3) is 5.52 Å². The zero-order chi connectivity index (χ0) is 19.3. The summed E-state index contributed by atoms with van der Waals surface area (Å²) < 4.78 is 31.3. The second-order valence-corrected chi connectivity index (χ2v) is 7.43. The number of rotatable bonds is 3. The molecule has 3 aromatic heterocycles. The molecule has 0 spiro atoms. The van der Waals surface area contributed by atoms with Crippen molar-refractivity contribution < 1.29 is 8.78 Å². The quantitative estimate of drug-likeness (QED) is 0.493. The van der Waals surface area contributed by atoms with Crippen LogP contribution in [0.3, 0.4) is 0 Å². The molecule has 4 aromatic rings. The Morgan fingerprint density at radius 3 is 2.79 bits per heavy atom. The Labute approximate surface area is 161 Å². The van der Waals surface area contributed by atoms with Crippen molar-refractivity contribution in [1.29, 1.82) is 0 Å². The van der Waals surface area contributed by atoms with Gasteiger partial charge < -0.3 is 0 Å². The molecule has 3 heterocycles. The van der Waals surface area contributed by atoms with E-state index in [9.17, 15) is 8.78 Å². The van der Waals surface area contributed by atoms with E-state index in [0.717, 1.165) is 40.9 Å². The second kappa shape index (κ2) is 6.55. The van der Waals surface area contributed by atoms with Gasteiger partial charge in [0.15, 0.2) is 5.95 Å². The molecule has 0 N–H and O–H groups in total. The molecule has 0 saturated heterocycles. The molecule has 0 bridgehead atoms. The maximum Gasteiger partial charge on any atom is 0.198 e. The number of aryl methyl sites for hydroxylation is 1. The molecule has 1 aromatic carbocycles. The van der Waals surface area contributed by atoms with Crippen molar-refractivity contribution in [2.24, 2.45) is 0 Å². The van der Waals surface area contributed by atoms with Gasteiger partial charge in [0.1, 0.15) is 5.82 Å². The van der Waals surface area contributed by atoms with Crippen LogP contribution in [0.15, 0.2) is 48.7 Å². The molecule has 2 atom stereocenters. The minimum Gasteiger partial charge on any atom is -0.289 e. The molecular formula is C22H19F2N4. The van der Waals surface area contributed by atoms with Crippen LogP contribution in [0.5, 0.6) is 0 Å². The monoisotopic (exact) mass is 377 g/mol. The number of aromatic nitrogens is 4. The lowest BCUT2D eigenvalue weighted by atomic mass is 9.84. The summed E-state index contributed by atoms with van der Waals surface area (Å²) in [6.45, 7) is 2.11. The first kappa shape index (κ1) is 17.1. The van der Waals surface area contributed by atoms with Crippen molar-refractivity contribution in [1.82, 2.24) is 19.4 Å². The maximum atomic E-state index is 14.5. The van der Waals surface area contributed by atoms with Gasteiger partial charge in [-0.05, 0) is 48.2 Å². The lowest BCUT2D eigenvalue weighted by molar-refractivity contribution is 0.330. The van der Waals surface area contributed by atoms with E-state index >= 15 is 0 Å². The Balaban J connectivity index is 1.51. The standard InChI is InChI=1S/C22H19F2N4/c1-14-20(10-7-16-12-18-3-2-4-21(24)27(18)22(14)16)28-19(13-25-26-28)11-15-5-8-17(23)9-6-15/h2-6,8-9,13-14,20H,7,10-11H2,1H3. The molecule has 1 radical (unpaired) electrons. The van der Waals surface area contributed by atoms with Crippen molar-refractivity contribution in [2.75, 3.05) is 0 Å². The fourth-order valence-electron chi connectivity index (χ4n) is 4.39. The summed E-state index contributed by atoms with van der Waals surface area (Å²) >= 11 is 0.